The van der Waals surface area contributed by atoms with Crippen molar-refractivity contribution < 1.29 is 4.79 Å². The molecule has 1 amide bonds. The van der Waals surface area contributed by atoms with Gasteiger partial charge in [-0.3, -0.25) is 4.79 Å². The Bertz CT molecular complexity index is 419. The molecule has 0 bridgehead atoms. The minimum atomic E-state index is -0.0941. The summed E-state index contributed by atoms with van der Waals surface area (Å²) in [5.74, 6) is -0.0101. The lowest BCUT2D eigenvalue weighted by atomic mass is 10.1. The van der Waals surface area contributed by atoms with E-state index < -0.39 is 0 Å². The zero-order valence-corrected chi connectivity index (χ0v) is 10.2. The number of rotatable bonds is 4. The molecule has 4 nitrogen and oxygen atoms in total. The van der Waals surface area contributed by atoms with Gasteiger partial charge in [-0.05, 0) is 30.7 Å². The van der Waals surface area contributed by atoms with Gasteiger partial charge in [0.15, 0.2) is 0 Å². The largest absolute Gasteiger partial charge is 0.327 e. The van der Waals surface area contributed by atoms with E-state index in [0.717, 1.165) is 12.1 Å². The van der Waals surface area contributed by atoms with Gasteiger partial charge >= 0.3 is 0 Å². The molecule has 1 atom stereocenters. The van der Waals surface area contributed by atoms with Crippen molar-refractivity contribution in [1.29, 1.82) is 5.26 Å². The Labute approximate surface area is 102 Å². The number of nitriles is 1. The third-order valence-corrected chi connectivity index (χ3v) is 2.72. The van der Waals surface area contributed by atoms with Crippen LogP contribution in [0.2, 0.25) is 0 Å². The second-order valence-corrected chi connectivity index (χ2v) is 3.98. The summed E-state index contributed by atoms with van der Waals surface area (Å²) in [6.45, 7) is 1.96. The average molecular weight is 231 g/mol. The van der Waals surface area contributed by atoms with Crippen molar-refractivity contribution in [3.05, 3.63) is 29.8 Å². The number of carbonyl (C=O) groups is 1. The van der Waals surface area contributed by atoms with E-state index in [2.05, 4.69) is 0 Å². The van der Waals surface area contributed by atoms with E-state index in [0.29, 0.717) is 12.0 Å². The molecule has 0 fully saturated rings. The first-order valence-electron chi connectivity index (χ1n) is 5.60. The van der Waals surface area contributed by atoms with Crippen LogP contribution in [0.4, 0.5) is 5.69 Å². The molecule has 0 spiro atoms. The smallest absolute Gasteiger partial charge is 0.228 e. The Hall–Kier alpha value is -1.86. The second-order valence-electron chi connectivity index (χ2n) is 3.98. The third-order valence-electron chi connectivity index (χ3n) is 2.72. The van der Waals surface area contributed by atoms with Crippen LogP contribution in [0.5, 0.6) is 0 Å². The van der Waals surface area contributed by atoms with Gasteiger partial charge in [-0.25, -0.2) is 0 Å². The molecule has 1 aromatic rings. The number of benzene rings is 1. The minimum absolute atomic E-state index is 0.0101. The molecule has 4 heteroatoms. The van der Waals surface area contributed by atoms with Gasteiger partial charge in [0.2, 0.25) is 5.91 Å². The van der Waals surface area contributed by atoms with Gasteiger partial charge in [-0.1, -0.05) is 6.92 Å². The Morgan fingerprint density at radius 3 is 2.53 bits per heavy atom. The second kappa shape index (κ2) is 6.02. The zero-order valence-electron chi connectivity index (χ0n) is 10.2. The maximum Gasteiger partial charge on any atom is 0.228 e. The van der Waals surface area contributed by atoms with Crippen LogP contribution in [-0.2, 0) is 4.79 Å². The van der Waals surface area contributed by atoms with Crippen LogP contribution >= 0.6 is 0 Å². The Morgan fingerprint density at radius 1 is 1.47 bits per heavy atom. The summed E-state index contributed by atoms with van der Waals surface area (Å²) >= 11 is 0. The fourth-order valence-corrected chi connectivity index (χ4v) is 1.41. The molecule has 1 rings (SSSR count). The first-order chi connectivity index (χ1) is 8.08. The van der Waals surface area contributed by atoms with Crippen LogP contribution < -0.4 is 10.6 Å². The number of hydrogen-bond donors (Lipinski definition) is 1. The van der Waals surface area contributed by atoms with Crippen LogP contribution in [0.15, 0.2) is 24.3 Å². The fraction of sp³-hybridized carbons (Fsp3) is 0.385. The quantitative estimate of drug-likeness (QED) is 0.856. The van der Waals surface area contributed by atoms with Gasteiger partial charge in [0.1, 0.15) is 0 Å². The molecular weight excluding hydrogens is 214 g/mol. The van der Waals surface area contributed by atoms with Gasteiger partial charge < -0.3 is 10.6 Å². The van der Waals surface area contributed by atoms with Crippen LogP contribution in [0.25, 0.3) is 0 Å². The van der Waals surface area contributed by atoms with E-state index in [1.165, 1.54) is 0 Å². The third kappa shape index (κ3) is 3.58. The molecule has 90 valence electrons. The van der Waals surface area contributed by atoms with Gasteiger partial charge in [0, 0.05) is 25.2 Å². The summed E-state index contributed by atoms with van der Waals surface area (Å²) in [6, 6.07) is 8.85. The monoisotopic (exact) mass is 231 g/mol. The van der Waals surface area contributed by atoms with E-state index in [1.54, 1.807) is 36.2 Å². The number of amides is 1. The summed E-state index contributed by atoms with van der Waals surface area (Å²) < 4.78 is 0. The number of carbonyl (C=O) groups excluding carboxylic acids is 1. The highest BCUT2D eigenvalue weighted by Crippen LogP contribution is 2.14. The summed E-state index contributed by atoms with van der Waals surface area (Å²) in [7, 11) is 1.71. The van der Waals surface area contributed by atoms with Gasteiger partial charge in [0.05, 0.1) is 11.6 Å². The Kier molecular flexibility index (Phi) is 4.68. The lowest BCUT2D eigenvalue weighted by molar-refractivity contribution is -0.118. The fourth-order valence-electron chi connectivity index (χ4n) is 1.41. The lowest BCUT2D eigenvalue weighted by Crippen LogP contribution is -2.32. The molecule has 0 aliphatic heterocycles. The molecule has 0 saturated carbocycles. The van der Waals surface area contributed by atoms with E-state index in [9.17, 15) is 4.79 Å². The lowest BCUT2D eigenvalue weighted by Gasteiger charge is -2.19. The van der Waals surface area contributed by atoms with Crippen LogP contribution in [0.1, 0.15) is 25.3 Å². The summed E-state index contributed by atoms with van der Waals surface area (Å²) in [6.07, 6.45) is 1.12. The Balaban J connectivity index is 2.71. The molecular formula is C13H17N3O. The molecule has 0 aliphatic rings. The first kappa shape index (κ1) is 13.2. The van der Waals surface area contributed by atoms with E-state index >= 15 is 0 Å². The highest BCUT2D eigenvalue weighted by molar-refractivity contribution is 5.93. The number of nitrogens with two attached hydrogens (primary N) is 1. The standard InChI is InChI=1S/C13H17N3O/c1-3-11(15)8-13(17)16(2)12-6-4-10(9-14)5-7-12/h4-7,11H,3,8,15H2,1-2H3. The molecule has 0 saturated heterocycles. The topological polar surface area (TPSA) is 70.1 Å². The number of hydrogen-bond acceptors (Lipinski definition) is 3. The van der Waals surface area contributed by atoms with Gasteiger partial charge in [-0.15, -0.1) is 0 Å². The summed E-state index contributed by atoms with van der Waals surface area (Å²) in [5, 5.41) is 8.68. The molecule has 0 radical (unpaired) electrons. The predicted octanol–water partition coefficient (Wildman–Crippen LogP) is 1.65. The molecule has 0 aliphatic carbocycles. The molecule has 1 unspecified atom stereocenters. The first-order valence-corrected chi connectivity index (χ1v) is 5.60. The van der Waals surface area contributed by atoms with Crippen molar-refractivity contribution in [3.63, 3.8) is 0 Å². The van der Waals surface area contributed by atoms with Gasteiger partial charge in [0.25, 0.3) is 0 Å². The van der Waals surface area contributed by atoms with Crippen molar-refractivity contribution in [2.75, 3.05) is 11.9 Å². The number of nitrogens with zero attached hydrogens (tertiary/aromatic N) is 2. The van der Waals surface area contributed by atoms with Crippen LogP contribution in [-0.4, -0.2) is 19.0 Å². The van der Waals surface area contributed by atoms with E-state index in [4.69, 9.17) is 11.0 Å². The number of anilines is 1. The molecule has 17 heavy (non-hydrogen) atoms. The highest BCUT2D eigenvalue weighted by Gasteiger charge is 2.13. The van der Waals surface area contributed by atoms with Crippen LogP contribution in [0.3, 0.4) is 0 Å². The summed E-state index contributed by atoms with van der Waals surface area (Å²) in [4.78, 5) is 13.4. The van der Waals surface area contributed by atoms with Crippen LogP contribution in [0, 0.1) is 11.3 Å². The van der Waals surface area contributed by atoms with E-state index in [-0.39, 0.29) is 11.9 Å². The molecule has 2 N–H and O–H groups in total. The zero-order chi connectivity index (χ0) is 12.8. The van der Waals surface area contributed by atoms with Crippen molar-refractivity contribution in [3.8, 4) is 6.07 Å². The average Bonchev–Trinajstić information content (AvgIpc) is 2.37. The predicted molar refractivity (Wildman–Crippen MR) is 67.5 cm³/mol. The van der Waals surface area contributed by atoms with Crippen molar-refractivity contribution in [2.24, 2.45) is 5.73 Å². The van der Waals surface area contributed by atoms with E-state index in [1.807, 2.05) is 13.0 Å². The van der Waals surface area contributed by atoms with Gasteiger partial charge in [-0.2, -0.15) is 5.26 Å². The normalized spacial score (nSPS) is 11.6. The van der Waals surface area contributed by atoms with Crippen molar-refractivity contribution in [1.82, 2.24) is 0 Å². The molecule has 0 heterocycles. The summed E-state index contributed by atoms with van der Waals surface area (Å²) in [5.41, 5.74) is 7.10. The SMILES string of the molecule is CCC(N)CC(=O)N(C)c1ccc(C#N)cc1. The highest BCUT2D eigenvalue weighted by atomic mass is 16.2. The maximum absolute atomic E-state index is 11.8. The van der Waals surface area contributed by atoms with Crippen molar-refractivity contribution in [2.45, 2.75) is 25.8 Å². The Morgan fingerprint density at radius 2 is 2.06 bits per heavy atom. The molecule has 0 aromatic heterocycles. The van der Waals surface area contributed by atoms with Crippen molar-refractivity contribution >= 4 is 11.6 Å². The maximum atomic E-state index is 11.8. The minimum Gasteiger partial charge on any atom is -0.327 e. The molecule has 1 aromatic carbocycles.